The molecule has 0 fully saturated rings. The Balaban J connectivity index is 2.45. The standard InChI is InChI=1S/C30H47O6PSi/c1-10-33-37(32,34-11-2)27(28(31)36-29(4,5)6)22-24(3)23-35-38(30(7,8)9,25-18-14-12-15-19-25)26-20-16-13-17-21-26/h12-21,24,27H,10-11,22-23H2,1-9H3. The van der Waals surface area contributed by atoms with Crippen molar-refractivity contribution in [1.82, 2.24) is 0 Å². The first-order chi connectivity index (χ1) is 17.7. The summed E-state index contributed by atoms with van der Waals surface area (Å²) in [5.74, 6) is -0.691. The zero-order valence-corrected chi connectivity index (χ0v) is 26.5. The predicted octanol–water partition coefficient (Wildman–Crippen LogP) is 6.57. The van der Waals surface area contributed by atoms with E-state index in [2.05, 4.69) is 69.3 Å². The number of ether oxygens (including phenoxy) is 1. The van der Waals surface area contributed by atoms with E-state index in [4.69, 9.17) is 18.2 Å². The van der Waals surface area contributed by atoms with Crippen LogP contribution in [0.4, 0.5) is 0 Å². The third kappa shape index (κ3) is 8.12. The van der Waals surface area contributed by atoms with Gasteiger partial charge in [-0.1, -0.05) is 88.4 Å². The van der Waals surface area contributed by atoms with Crippen LogP contribution >= 0.6 is 7.60 Å². The average Bonchev–Trinajstić information content (AvgIpc) is 2.82. The van der Waals surface area contributed by atoms with Crippen LogP contribution in [0.2, 0.25) is 5.04 Å². The molecule has 0 saturated carbocycles. The molecular weight excluding hydrogens is 515 g/mol. The predicted molar refractivity (Wildman–Crippen MR) is 158 cm³/mol. The lowest BCUT2D eigenvalue weighted by molar-refractivity contribution is -0.155. The number of carbonyl (C=O) groups excluding carboxylic acids is 1. The first kappa shape index (κ1) is 32.4. The minimum Gasteiger partial charge on any atom is -0.459 e. The van der Waals surface area contributed by atoms with Crippen LogP contribution in [0.3, 0.4) is 0 Å². The van der Waals surface area contributed by atoms with Crippen molar-refractivity contribution in [3.8, 4) is 0 Å². The highest BCUT2D eigenvalue weighted by Gasteiger charge is 2.51. The van der Waals surface area contributed by atoms with Gasteiger partial charge in [0.2, 0.25) is 0 Å². The van der Waals surface area contributed by atoms with Crippen molar-refractivity contribution in [3.63, 3.8) is 0 Å². The molecule has 8 heteroatoms. The highest BCUT2D eigenvalue weighted by molar-refractivity contribution is 7.55. The fourth-order valence-corrected chi connectivity index (χ4v) is 11.6. The van der Waals surface area contributed by atoms with E-state index >= 15 is 0 Å². The highest BCUT2D eigenvalue weighted by atomic mass is 31.2. The first-order valence-corrected chi connectivity index (χ1v) is 17.1. The van der Waals surface area contributed by atoms with Gasteiger partial charge in [-0.2, -0.15) is 0 Å². The van der Waals surface area contributed by atoms with Gasteiger partial charge in [-0.05, 0) is 62.4 Å². The Morgan fingerprint density at radius 1 is 0.842 bits per heavy atom. The molecule has 6 nitrogen and oxygen atoms in total. The Morgan fingerprint density at radius 2 is 1.29 bits per heavy atom. The van der Waals surface area contributed by atoms with Crippen molar-refractivity contribution < 1.29 is 27.6 Å². The van der Waals surface area contributed by atoms with Crippen molar-refractivity contribution in [3.05, 3.63) is 60.7 Å². The fraction of sp³-hybridized carbons (Fsp3) is 0.567. The molecule has 2 aromatic rings. The second-order valence-corrected chi connectivity index (χ2v) is 18.3. The average molecular weight is 563 g/mol. The number of hydrogen-bond donors (Lipinski definition) is 0. The number of rotatable bonds is 13. The SMILES string of the molecule is CCOP(=O)(OCC)C(CC(C)CO[Si](c1ccccc1)(c1ccccc1)C(C)(C)C)C(=O)OC(C)(C)C. The summed E-state index contributed by atoms with van der Waals surface area (Å²) >= 11 is 0. The Morgan fingerprint density at radius 3 is 1.66 bits per heavy atom. The third-order valence-electron chi connectivity index (χ3n) is 6.31. The summed E-state index contributed by atoms with van der Waals surface area (Å²) < 4.78 is 37.7. The Hall–Kier alpha value is -1.76. The molecule has 0 aromatic heterocycles. The van der Waals surface area contributed by atoms with E-state index in [-0.39, 0.29) is 30.6 Å². The summed E-state index contributed by atoms with van der Waals surface area (Å²) in [5.41, 5.74) is -1.77. The molecule has 212 valence electrons. The molecule has 0 aliphatic carbocycles. The van der Waals surface area contributed by atoms with E-state index in [0.717, 1.165) is 0 Å². The van der Waals surface area contributed by atoms with Crippen LogP contribution in [0, 0.1) is 5.92 Å². The number of benzene rings is 2. The maximum atomic E-state index is 13.8. The summed E-state index contributed by atoms with van der Waals surface area (Å²) in [4.78, 5) is 13.3. The first-order valence-electron chi connectivity index (χ1n) is 13.6. The molecule has 0 aliphatic rings. The molecule has 0 radical (unpaired) electrons. The van der Waals surface area contributed by atoms with E-state index in [1.807, 2.05) is 19.1 Å². The molecule has 0 N–H and O–H groups in total. The van der Waals surface area contributed by atoms with E-state index < -0.39 is 33.1 Å². The van der Waals surface area contributed by atoms with E-state index in [1.54, 1.807) is 34.6 Å². The van der Waals surface area contributed by atoms with E-state index in [1.165, 1.54) is 10.4 Å². The summed E-state index contributed by atoms with van der Waals surface area (Å²) in [5, 5.41) is 2.19. The molecule has 2 atom stereocenters. The zero-order valence-electron chi connectivity index (χ0n) is 24.7. The molecule has 0 aliphatic heterocycles. The van der Waals surface area contributed by atoms with Crippen LogP contribution in [-0.4, -0.2) is 45.4 Å². The lowest BCUT2D eigenvalue weighted by Crippen LogP contribution is -2.66. The maximum Gasteiger partial charge on any atom is 0.344 e. The van der Waals surface area contributed by atoms with Crippen molar-refractivity contribution >= 4 is 32.3 Å². The minimum atomic E-state index is -3.76. The van der Waals surface area contributed by atoms with E-state index in [9.17, 15) is 9.36 Å². The van der Waals surface area contributed by atoms with Gasteiger partial charge in [-0.15, -0.1) is 0 Å². The van der Waals surface area contributed by atoms with Gasteiger partial charge in [-0.25, -0.2) is 0 Å². The van der Waals surface area contributed by atoms with Gasteiger partial charge < -0.3 is 18.2 Å². The number of esters is 1. The van der Waals surface area contributed by atoms with Gasteiger partial charge in [0.05, 0.1) is 13.2 Å². The van der Waals surface area contributed by atoms with Crippen LogP contribution in [0.15, 0.2) is 60.7 Å². The van der Waals surface area contributed by atoms with Gasteiger partial charge in [0, 0.05) is 6.61 Å². The second kappa shape index (κ2) is 13.5. The van der Waals surface area contributed by atoms with Crippen LogP contribution < -0.4 is 10.4 Å². The zero-order chi connectivity index (χ0) is 28.6. The summed E-state index contributed by atoms with van der Waals surface area (Å²) in [6, 6.07) is 20.8. The van der Waals surface area contributed by atoms with Crippen molar-refractivity contribution in [1.29, 1.82) is 0 Å². The van der Waals surface area contributed by atoms with Gasteiger partial charge in [0.1, 0.15) is 5.60 Å². The number of hydrogen-bond acceptors (Lipinski definition) is 6. The van der Waals surface area contributed by atoms with E-state index in [0.29, 0.717) is 6.61 Å². The van der Waals surface area contributed by atoms with Crippen LogP contribution in [0.1, 0.15) is 68.7 Å². The monoisotopic (exact) mass is 562 g/mol. The summed E-state index contributed by atoms with van der Waals surface area (Å²) in [6.07, 6.45) is 0.254. The van der Waals surface area contributed by atoms with Crippen LogP contribution in [0.5, 0.6) is 0 Å². The van der Waals surface area contributed by atoms with Crippen molar-refractivity contribution in [2.45, 2.75) is 85.0 Å². The quantitative estimate of drug-likeness (QED) is 0.156. The summed E-state index contributed by atoms with van der Waals surface area (Å²) in [6.45, 7) is 18.3. The normalized spacial score (nSPS) is 14.7. The smallest absolute Gasteiger partial charge is 0.344 e. The van der Waals surface area contributed by atoms with Gasteiger partial charge >= 0.3 is 13.6 Å². The molecule has 38 heavy (non-hydrogen) atoms. The largest absolute Gasteiger partial charge is 0.459 e. The fourth-order valence-electron chi connectivity index (χ4n) is 4.78. The molecular formula is C30H47O6PSi. The van der Waals surface area contributed by atoms with Crippen molar-refractivity contribution in [2.24, 2.45) is 5.92 Å². The molecule has 0 amide bonds. The molecule has 0 bridgehead atoms. The highest BCUT2D eigenvalue weighted by Crippen LogP contribution is 2.55. The van der Waals surface area contributed by atoms with Crippen molar-refractivity contribution in [2.75, 3.05) is 19.8 Å². The molecule has 0 spiro atoms. The Labute approximate surface area is 231 Å². The maximum absolute atomic E-state index is 13.8. The number of carbonyl (C=O) groups is 1. The topological polar surface area (TPSA) is 71.1 Å². The molecule has 0 heterocycles. The second-order valence-electron chi connectivity index (χ2n) is 11.7. The van der Waals surface area contributed by atoms with Gasteiger partial charge in [-0.3, -0.25) is 9.36 Å². The van der Waals surface area contributed by atoms with Crippen LogP contribution in [0.25, 0.3) is 0 Å². The van der Waals surface area contributed by atoms with Gasteiger partial charge in [0.25, 0.3) is 8.32 Å². The molecule has 2 rings (SSSR count). The molecule has 2 unspecified atom stereocenters. The minimum absolute atomic E-state index is 0.122. The van der Waals surface area contributed by atoms with Gasteiger partial charge in [0.15, 0.2) is 5.66 Å². The Kier molecular flexibility index (Phi) is 11.6. The van der Waals surface area contributed by atoms with Crippen LogP contribution in [-0.2, 0) is 27.6 Å². The molecule has 2 aromatic carbocycles. The third-order valence-corrected chi connectivity index (χ3v) is 13.7. The lowest BCUT2D eigenvalue weighted by Gasteiger charge is -2.43. The molecule has 0 saturated heterocycles. The lowest BCUT2D eigenvalue weighted by atomic mass is 10.1. The Bertz CT molecular complexity index is 996. The summed E-state index contributed by atoms with van der Waals surface area (Å²) in [7, 11) is -6.51.